The minimum absolute atomic E-state index is 0.151. The number of ether oxygens (including phenoxy) is 1. The number of nitro benzene ring substituents is 1. The molecule has 0 atom stereocenters. The number of fused-ring (bicyclic) bond motifs is 1. The number of halogens is 3. The fraction of sp³-hybridized carbons (Fsp3) is 0.182. The second-order valence-electron chi connectivity index (χ2n) is 3.76. The lowest BCUT2D eigenvalue weighted by atomic mass is 10.2. The van der Waals surface area contributed by atoms with Crippen LogP contribution >= 0.6 is 0 Å². The predicted octanol–water partition coefficient (Wildman–Crippen LogP) is 3.35. The lowest BCUT2D eigenvalue weighted by Crippen LogP contribution is -2.17. The summed E-state index contributed by atoms with van der Waals surface area (Å²) in [6, 6.07) is 3.32. The molecule has 1 heterocycles. The fourth-order valence-electron chi connectivity index (χ4n) is 1.73. The first-order valence-electron chi connectivity index (χ1n) is 5.15. The maximum Gasteiger partial charge on any atom is 0.573 e. The summed E-state index contributed by atoms with van der Waals surface area (Å²) in [6.07, 6.45) is -4.56. The van der Waals surface area contributed by atoms with Gasteiger partial charge in [-0.15, -0.1) is 13.2 Å². The summed E-state index contributed by atoms with van der Waals surface area (Å²) in [4.78, 5) is 12.8. The normalized spacial score (nSPS) is 11.8. The van der Waals surface area contributed by atoms with E-state index >= 15 is 0 Å². The van der Waals surface area contributed by atoms with Gasteiger partial charge in [0.2, 0.25) is 0 Å². The molecule has 0 aliphatic heterocycles. The molecule has 0 saturated heterocycles. The van der Waals surface area contributed by atoms with Crippen molar-refractivity contribution in [2.24, 2.45) is 0 Å². The third kappa shape index (κ3) is 2.78. The topological polar surface area (TPSA) is 68.2 Å². The molecule has 1 aromatic carbocycles. The van der Waals surface area contributed by atoms with Crippen LogP contribution in [0.2, 0.25) is 0 Å². The summed E-state index contributed by atoms with van der Waals surface area (Å²) < 4.78 is 40.1. The molecule has 0 aliphatic rings. The van der Waals surface area contributed by atoms with Crippen molar-refractivity contribution in [3.63, 3.8) is 0 Å². The maximum atomic E-state index is 12.1. The summed E-state index contributed by atoms with van der Waals surface area (Å²) >= 11 is 0. The number of aromatic amines is 1. The molecule has 0 unspecified atom stereocenters. The molecule has 0 bridgehead atoms. The molecular weight excluding hydrogens is 265 g/mol. The van der Waals surface area contributed by atoms with E-state index in [-0.39, 0.29) is 10.9 Å². The summed E-state index contributed by atoms with van der Waals surface area (Å²) in [5, 5.41) is 11.1. The van der Waals surface area contributed by atoms with Crippen molar-refractivity contribution in [1.82, 2.24) is 4.98 Å². The zero-order valence-electron chi connectivity index (χ0n) is 9.45. The van der Waals surface area contributed by atoms with E-state index in [0.29, 0.717) is 12.1 Å². The van der Waals surface area contributed by atoms with E-state index in [1.165, 1.54) is 6.07 Å². The molecule has 5 nitrogen and oxygen atoms in total. The average Bonchev–Trinajstić information content (AvgIpc) is 2.68. The number of benzene rings is 1. The highest BCUT2D eigenvalue weighted by molar-refractivity contribution is 5.90. The second kappa shape index (κ2) is 4.45. The van der Waals surface area contributed by atoms with E-state index in [0.717, 1.165) is 12.1 Å². The molecule has 0 amide bonds. The van der Waals surface area contributed by atoms with Crippen LogP contribution in [0.4, 0.5) is 18.9 Å². The monoisotopic (exact) mass is 273 g/mol. The Morgan fingerprint density at radius 3 is 2.58 bits per heavy atom. The number of H-pyrrole nitrogens is 1. The molecule has 2 aromatic rings. The van der Waals surface area contributed by atoms with Crippen molar-refractivity contribution in [2.75, 3.05) is 0 Å². The summed E-state index contributed by atoms with van der Waals surface area (Å²) in [6.45, 7) is 3.60. The third-order valence-electron chi connectivity index (χ3n) is 2.44. The quantitative estimate of drug-likeness (QED) is 0.688. The van der Waals surface area contributed by atoms with Crippen molar-refractivity contribution in [2.45, 2.75) is 12.8 Å². The Kier molecular flexibility index (Phi) is 3.09. The molecule has 0 saturated carbocycles. The van der Waals surface area contributed by atoms with Gasteiger partial charge in [-0.1, -0.05) is 0 Å². The van der Waals surface area contributed by atoms with E-state index in [4.69, 9.17) is 0 Å². The Balaban J connectivity index is 2.59. The smallest absolute Gasteiger partial charge is 0.406 e. The minimum atomic E-state index is -4.90. The molecule has 1 radical (unpaired) electrons. The number of non-ortho nitro benzene ring substituents is 1. The number of rotatable bonds is 3. The van der Waals surface area contributed by atoms with Crippen LogP contribution < -0.4 is 4.74 Å². The first kappa shape index (κ1) is 13.2. The van der Waals surface area contributed by atoms with Gasteiger partial charge in [0.05, 0.1) is 11.0 Å². The maximum absolute atomic E-state index is 12.1. The number of hydrogen-bond acceptors (Lipinski definition) is 3. The molecule has 1 N–H and O–H groups in total. The van der Waals surface area contributed by atoms with Gasteiger partial charge in [0.1, 0.15) is 11.3 Å². The van der Waals surface area contributed by atoms with E-state index in [1.807, 2.05) is 0 Å². The zero-order valence-corrected chi connectivity index (χ0v) is 9.45. The molecule has 0 fully saturated rings. The van der Waals surface area contributed by atoms with Gasteiger partial charge in [0.25, 0.3) is 5.69 Å². The van der Waals surface area contributed by atoms with Gasteiger partial charge >= 0.3 is 6.36 Å². The number of aromatic nitrogens is 1. The van der Waals surface area contributed by atoms with Crippen LogP contribution in [0.3, 0.4) is 0 Å². The van der Waals surface area contributed by atoms with Crippen LogP contribution in [0, 0.1) is 17.0 Å². The lowest BCUT2D eigenvalue weighted by Gasteiger charge is -2.08. The standard InChI is InChI=1S/C11H8F3N2O3/c1-2-7-3-6-4-8(19-11(12,13)14)5-9(16(17)18)10(6)15-7/h3-5,15H,1-2H2. The summed E-state index contributed by atoms with van der Waals surface area (Å²) in [5.74, 6) is -0.624. The molecule has 101 valence electrons. The number of hydrogen-bond donors (Lipinski definition) is 1. The Morgan fingerprint density at radius 1 is 1.37 bits per heavy atom. The van der Waals surface area contributed by atoms with E-state index in [1.54, 1.807) is 0 Å². The highest BCUT2D eigenvalue weighted by Crippen LogP contribution is 2.33. The van der Waals surface area contributed by atoms with Crippen LogP contribution in [0.1, 0.15) is 5.69 Å². The first-order valence-corrected chi connectivity index (χ1v) is 5.15. The van der Waals surface area contributed by atoms with Crippen molar-refractivity contribution in [3.8, 4) is 5.75 Å². The van der Waals surface area contributed by atoms with Crippen molar-refractivity contribution < 1.29 is 22.8 Å². The second-order valence-corrected chi connectivity index (χ2v) is 3.76. The Hall–Kier alpha value is -2.25. The number of nitrogens with one attached hydrogen (secondary N) is 1. The fourth-order valence-corrected chi connectivity index (χ4v) is 1.73. The van der Waals surface area contributed by atoms with Crippen molar-refractivity contribution in [1.29, 1.82) is 0 Å². The largest absolute Gasteiger partial charge is 0.573 e. The Morgan fingerprint density at radius 2 is 2.05 bits per heavy atom. The van der Waals surface area contributed by atoms with Gasteiger partial charge in [-0.05, 0) is 25.5 Å². The van der Waals surface area contributed by atoms with Gasteiger partial charge in [-0.2, -0.15) is 0 Å². The minimum Gasteiger partial charge on any atom is -0.406 e. The molecule has 2 rings (SSSR count). The van der Waals surface area contributed by atoms with Crippen LogP contribution in [0.25, 0.3) is 10.9 Å². The van der Waals surface area contributed by atoms with Gasteiger partial charge < -0.3 is 9.72 Å². The Bertz CT molecular complexity index is 634. The van der Waals surface area contributed by atoms with Gasteiger partial charge in [0, 0.05) is 11.1 Å². The molecule has 0 spiro atoms. The molecule has 0 aliphatic carbocycles. The van der Waals surface area contributed by atoms with Crippen molar-refractivity contribution in [3.05, 3.63) is 40.9 Å². The van der Waals surface area contributed by atoms with Crippen molar-refractivity contribution >= 4 is 16.6 Å². The van der Waals surface area contributed by atoms with Crippen LogP contribution in [-0.2, 0) is 6.42 Å². The molecule has 1 aromatic heterocycles. The molecule has 19 heavy (non-hydrogen) atoms. The third-order valence-corrected chi connectivity index (χ3v) is 2.44. The lowest BCUT2D eigenvalue weighted by molar-refractivity contribution is -0.383. The van der Waals surface area contributed by atoms with Crippen LogP contribution in [0.5, 0.6) is 5.75 Å². The number of alkyl halides is 3. The summed E-state index contributed by atoms with van der Waals surface area (Å²) in [5.41, 5.74) is 0.261. The van der Waals surface area contributed by atoms with E-state index < -0.39 is 22.7 Å². The highest BCUT2D eigenvalue weighted by atomic mass is 19.4. The van der Waals surface area contributed by atoms with Crippen LogP contribution in [-0.4, -0.2) is 16.3 Å². The summed E-state index contributed by atoms with van der Waals surface area (Å²) in [7, 11) is 0. The van der Waals surface area contributed by atoms with E-state index in [9.17, 15) is 23.3 Å². The Labute approximate surface area is 105 Å². The van der Waals surface area contributed by atoms with Crippen LogP contribution in [0.15, 0.2) is 18.2 Å². The van der Waals surface area contributed by atoms with Gasteiger partial charge in [-0.25, -0.2) is 0 Å². The average molecular weight is 273 g/mol. The predicted molar refractivity (Wildman–Crippen MR) is 60.7 cm³/mol. The molecule has 8 heteroatoms. The number of nitro groups is 1. The highest BCUT2D eigenvalue weighted by Gasteiger charge is 2.32. The SMILES string of the molecule is [CH2]Cc1cc2cc(OC(F)(F)F)cc([N+](=O)[O-])c2[nH]1. The first-order chi connectivity index (χ1) is 8.80. The molecular formula is C11H8F3N2O3. The number of nitrogens with zero attached hydrogens (tertiary/aromatic N) is 1. The van der Waals surface area contributed by atoms with E-state index in [2.05, 4.69) is 16.6 Å². The van der Waals surface area contributed by atoms with Gasteiger partial charge in [-0.3, -0.25) is 10.1 Å². The van der Waals surface area contributed by atoms with Gasteiger partial charge in [0.15, 0.2) is 0 Å². The zero-order chi connectivity index (χ0) is 14.2.